The first-order chi connectivity index (χ1) is 9.43. The first-order valence-electron chi connectivity index (χ1n) is 5.07. The Morgan fingerprint density at radius 1 is 0.727 bits per heavy atom. The van der Waals surface area contributed by atoms with E-state index in [1.54, 1.807) is 6.26 Å². The van der Waals surface area contributed by atoms with Crippen molar-refractivity contribution < 1.29 is 56.2 Å². The Labute approximate surface area is 150 Å². The van der Waals surface area contributed by atoms with Crippen molar-refractivity contribution in [2.75, 3.05) is 0 Å². The molecule has 1 rings (SSSR count). The third-order valence-electron chi connectivity index (χ3n) is 0.929. The molecule has 0 unspecified atom stereocenters. The van der Waals surface area contributed by atoms with Gasteiger partial charge in [-0.05, 0) is 0 Å². The summed E-state index contributed by atoms with van der Waals surface area (Å²) < 4.78 is 123. The fourth-order valence-electron chi connectivity index (χ4n) is 0.514. The zero-order chi connectivity index (χ0) is 18.6. The molecule has 0 aliphatic carbocycles. The van der Waals surface area contributed by atoms with Crippen LogP contribution in [0.1, 0.15) is 5.76 Å². The Morgan fingerprint density at radius 3 is 1.09 bits per heavy atom. The van der Waals surface area contributed by atoms with Crippen molar-refractivity contribution in [1.29, 1.82) is 0 Å². The molecule has 128 valence electrons. The van der Waals surface area contributed by atoms with E-state index >= 15 is 0 Å². The molecule has 1 nitrogen and oxygen atoms in total. The van der Waals surface area contributed by atoms with Gasteiger partial charge in [-0.15, -0.1) is 0 Å². The van der Waals surface area contributed by atoms with Gasteiger partial charge < -0.3 is 51.8 Å². The van der Waals surface area contributed by atoms with Crippen LogP contribution in [0.5, 0.6) is 0 Å². The molecule has 22 heavy (non-hydrogen) atoms. The first kappa shape index (κ1) is 27.1. The second-order valence-electron chi connectivity index (χ2n) is 2.92. The van der Waals surface area contributed by atoms with Crippen LogP contribution in [0.25, 0.3) is 0 Å². The van der Waals surface area contributed by atoms with Crippen molar-refractivity contribution in [3.05, 3.63) is 24.2 Å². The Hall–Kier alpha value is 0.271. The predicted octanol–water partition coefficient (Wildman–Crippen LogP) is 4.85. The molecule has 0 bridgehead atoms. The van der Waals surface area contributed by atoms with E-state index in [9.17, 15) is 51.8 Å². The third kappa shape index (κ3) is 87.6. The predicted molar refractivity (Wildman–Crippen MR) is 58.7 cm³/mol. The quantitative estimate of drug-likeness (QED) is 0.501. The molecule has 0 N–H and O–H groups in total. The molecule has 1 heterocycles. The minimum atomic E-state index is -6.00. The van der Waals surface area contributed by atoms with Crippen LogP contribution in [-0.4, -0.2) is 70.7 Å². The van der Waals surface area contributed by atoms with Crippen LogP contribution in [0.2, 0.25) is 0 Å². The van der Waals surface area contributed by atoms with Gasteiger partial charge in [-0.3, -0.25) is 0 Å². The standard InChI is InChI=1S/C5H5O.3BF4.K/c1-5-3-2-4-6-5;3*2-1(3,4)5;/h2-4H,1H2;;;;/q;3*-1;. The SMILES string of the molecule is F[B-](F)(F)F.F[B-](F)(F)F.F[B-](F)(F)F.[K][CH2]c1ccco1. The van der Waals surface area contributed by atoms with Crippen LogP contribution in [0.15, 0.2) is 22.8 Å². The molecule has 0 aliphatic heterocycles. The molecule has 0 aromatic carbocycles. The van der Waals surface area contributed by atoms with Gasteiger partial charge in [0.1, 0.15) is 0 Å². The second kappa shape index (κ2) is 12.7. The van der Waals surface area contributed by atoms with Gasteiger partial charge in [0.05, 0.1) is 0 Å². The average Bonchev–Trinajstić information content (AvgIpc) is 2.60. The Kier molecular flexibility index (Phi) is 15.6. The topological polar surface area (TPSA) is 13.1 Å². The third-order valence-corrected chi connectivity index (χ3v) is 2.02. The summed E-state index contributed by atoms with van der Waals surface area (Å²) in [6, 6.07) is 3.95. The normalized spacial score (nSPS) is 11.2. The zero-order valence-electron chi connectivity index (χ0n) is 10.6. The molecule has 0 atom stereocenters. The summed E-state index contributed by atoms with van der Waals surface area (Å²) in [7, 11) is -18.0. The van der Waals surface area contributed by atoms with Crippen molar-refractivity contribution in [2.45, 2.75) is 0.515 Å². The molecule has 0 saturated heterocycles. The van der Waals surface area contributed by atoms with Crippen LogP contribution < -0.4 is 0 Å². The monoisotopic (exact) mass is 381 g/mol. The van der Waals surface area contributed by atoms with Crippen LogP contribution in [0.4, 0.5) is 51.8 Å². The molecule has 1 aromatic rings. The van der Waals surface area contributed by atoms with Crippen LogP contribution in [0, 0.1) is 0 Å². The number of halogens is 12. The van der Waals surface area contributed by atoms with E-state index in [4.69, 9.17) is 4.42 Å². The van der Waals surface area contributed by atoms with E-state index in [0.717, 1.165) is 54.7 Å². The molecule has 0 aliphatic rings. The minimum absolute atomic E-state index is 0.894. The van der Waals surface area contributed by atoms with Crippen molar-refractivity contribution >= 4 is 70.7 Å². The summed E-state index contributed by atoms with van der Waals surface area (Å²) in [4.78, 5) is 0. The van der Waals surface area contributed by atoms with E-state index in [1.807, 2.05) is 12.1 Å². The van der Waals surface area contributed by atoms with Gasteiger partial charge in [-0.25, -0.2) is 0 Å². The summed E-state index contributed by atoms with van der Waals surface area (Å²) >= 11 is 0.894. The molecular weight excluding hydrogens is 376 g/mol. The molecular formula is C5H5B3F12KO-3. The van der Waals surface area contributed by atoms with E-state index < -0.39 is 21.8 Å². The molecule has 0 spiro atoms. The van der Waals surface area contributed by atoms with Crippen molar-refractivity contribution in [2.24, 2.45) is 0 Å². The van der Waals surface area contributed by atoms with Gasteiger partial charge in [-0.2, -0.15) is 0 Å². The van der Waals surface area contributed by atoms with Gasteiger partial charge in [0.2, 0.25) is 0 Å². The van der Waals surface area contributed by atoms with Gasteiger partial charge in [-0.1, -0.05) is 0 Å². The van der Waals surface area contributed by atoms with E-state index in [1.165, 1.54) is 0.515 Å². The molecule has 0 saturated carbocycles. The van der Waals surface area contributed by atoms with Crippen LogP contribution >= 0.6 is 0 Å². The van der Waals surface area contributed by atoms with E-state index in [-0.39, 0.29) is 0 Å². The maximum absolute atomic E-state index is 9.75. The van der Waals surface area contributed by atoms with Crippen molar-refractivity contribution in [3.63, 3.8) is 0 Å². The van der Waals surface area contributed by atoms with Gasteiger partial charge in [0.15, 0.2) is 0 Å². The molecule has 1 aromatic heterocycles. The van der Waals surface area contributed by atoms with Crippen LogP contribution in [-0.2, 0) is 0.515 Å². The Balaban J connectivity index is -0.000000223. The molecule has 17 heteroatoms. The summed E-state index contributed by atoms with van der Waals surface area (Å²) in [5.41, 5.74) is 0. The van der Waals surface area contributed by atoms with Gasteiger partial charge in [0.25, 0.3) is 0 Å². The zero-order valence-corrected chi connectivity index (χ0v) is 13.7. The fourth-order valence-corrected chi connectivity index (χ4v) is 1.14. The second-order valence-corrected chi connectivity index (χ2v) is 4.02. The Bertz CT molecular complexity index is 299. The summed E-state index contributed by atoms with van der Waals surface area (Å²) in [5.74, 6) is 1.14. The van der Waals surface area contributed by atoms with Crippen molar-refractivity contribution in [1.82, 2.24) is 0 Å². The van der Waals surface area contributed by atoms with Gasteiger partial charge >= 0.3 is 99.8 Å². The molecule has 0 fully saturated rings. The van der Waals surface area contributed by atoms with Crippen LogP contribution in [0.3, 0.4) is 0 Å². The van der Waals surface area contributed by atoms with E-state index in [0.29, 0.717) is 0 Å². The number of hydrogen-bond acceptors (Lipinski definition) is 1. The molecule has 0 radical (unpaired) electrons. The molecule has 0 amide bonds. The summed E-state index contributed by atoms with van der Waals surface area (Å²) in [6.07, 6.45) is 1.72. The summed E-state index contributed by atoms with van der Waals surface area (Å²) in [6.45, 7) is 0. The maximum atomic E-state index is 9.75. The number of furan rings is 1. The number of hydrogen-bond donors (Lipinski definition) is 0. The van der Waals surface area contributed by atoms with E-state index in [2.05, 4.69) is 0 Å². The first-order valence-corrected chi connectivity index (χ1v) is 7.28. The number of rotatable bonds is 1. The van der Waals surface area contributed by atoms with Crippen molar-refractivity contribution in [3.8, 4) is 0 Å². The van der Waals surface area contributed by atoms with Gasteiger partial charge in [0, 0.05) is 0 Å². The average molecular weight is 381 g/mol. The fraction of sp³-hybridized carbons (Fsp3) is 0.200. The Morgan fingerprint density at radius 2 is 1.00 bits per heavy atom. The summed E-state index contributed by atoms with van der Waals surface area (Å²) in [5, 5.41) is 0.